The third kappa shape index (κ3) is 3.23. The molecular weight excluding hydrogens is 256 g/mol. The van der Waals surface area contributed by atoms with Crippen molar-refractivity contribution in [1.29, 1.82) is 0 Å². The summed E-state index contributed by atoms with van der Waals surface area (Å²) in [5.41, 5.74) is 6.34. The van der Waals surface area contributed by atoms with Crippen molar-refractivity contribution in [2.45, 2.75) is 19.5 Å². The molecule has 0 bridgehead atoms. The Hall–Kier alpha value is -1.17. The summed E-state index contributed by atoms with van der Waals surface area (Å²) in [6, 6.07) is 7.38. The fourth-order valence-electron chi connectivity index (χ4n) is 2.41. The number of carbonyl (C=O) groups is 1. The molecule has 0 aromatic heterocycles. The molecule has 1 aromatic carbocycles. The van der Waals surface area contributed by atoms with Crippen molar-refractivity contribution in [1.82, 2.24) is 4.90 Å². The predicted molar refractivity (Wildman–Crippen MR) is 78.8 cm³/mol. The zero-order valence-corrected chi connectivity index (χ0v) is 12.6. The molecule has 0 saturated carbocycles. The highest BCUT2D eigenvalue weighted by atomic mass is 28.4. The number of nitrogens with zero attached hydrogens (tertiary/aromatic N) is 1. The molecular formula is C14H22N2O2Si. The normalized spacial score (nSPS) is 19.8. The first-order valence-corrected chi connectivity index (χ1v) is 9.69. The van der Waals surface area contributed by atoms with Gasteiger partial charge in [0.1, 0.15) is 0 Å². The Balaban J connectivity index is 2.08. The average Bonchev–Trinajstić information content (AvgIpc) is 2.86. The molecule has 3 N–H and O–H groups in total. The van der Waals surface area contributed by atoms with E-state index in [4.69, 9.17) is 5.73 Å². The lowest BCUT2D eigenvalue weighted by Crippen LogP contribution is -2.41. The highest BCUT2D eigenvalue weighted by Crippen LogP contribution is 2.17. The van der Waals surface area contributed by atoms with Crippen LogP contribution >= 0.6 is 0 Å². The molecule has 19 heavy (non-hydrogen) atoms. The van der Waals surface area contributed by atoms with Crippen molar-refractivity contribution < 1.29 is 9.59 Å². The van der Waals surface area contributed by atoms with Gasteiger partial charge >= 0.3 is 0 Å². The lowest BCUT2D eigenvalue weighted by Gasteiger charge is -2.18. The lowest BCUT2D eigenvalue weighted by atomic mass is 10.1. The molecule has 5 heteroatoms. The second-order valence-electron chi connectivity index (χ2n) is 5.78. The smallest absolute Gasteiger partial charge is 0.253 e. The zero-order chi connectivity index (χ0) is 14.0. The fraction of sp³-hybridized carbons (Fsp3) is 0.500. The third-order valence-corrected chi connectivity index (χ3v) is 5.49. The molecule has 1 atom stereocenters. The van der Waals surface area contributed by atoms with Crippen molar-refractivity contribution in [2.24, 2.45) is 11.7 Å². The Labute approximate surface area is 115 Å². The monoisotopic (exact) mass is 278 g/mol. The minimum absolute atomic E-state index is 0.0694. The van der Waals surface area contributed by atoms with Crippen LogP contribution in [0.4, 0.5) is 0 Å². The van der Waals surface area contributed by atoms with Crippen LogP contribution < -0.4 is 10.9 Å². The SMILES string of the molecule is C[Si](C)(O)c1ccc(C(=O)N2CCC(CN)C2)cc1. The van der Waals surface area contributed by atoms with Crippen molar-refractivity contribution in [2.75, 3.05) is 19.6 Å². The molecule has 0 radical (unpaired) electrons. The largest absolute Gasteiger partial charge is 0.428 e. The first kappa shape index (κ1) is 14.2. The van der Waals surface area contributed by atoms with E-state index >= 15 is 0 Å². The molecule has 2 rings (SSSR count). The van der Waals surface area contributed by atoms with Crippen LogP contribution in [0.1, 0.15) is 16.8 Å². The minimum Gasteiger partial charge on any atom is -0.428 e. The Morgan fingerprint density at radius 1 is 1.42 bits per heavy atom. The Morgan fingerprint density at radius 3 is 2.53 bits per heavy atom. The van der Waals surface area contributed by atoms with Gasteiger partial charge in [-0.3, -0.25) is 4.79 Å². The zero-order valence-electron chi connectivity index (χ0n) is 11.6. The summed E-state index contributed by atoms with van der Waals surface area (Å²) in [5, 5.41) is 0.949. The van der Waals surface area contributed by atoms with Crippen LogP contribution in [-0.4, -0.2) is 43.6 Å². The standard InChI is InChI=1S/C14H22N2O2Si/c1-19(2,18)13-5-3-12(4-6-13)14(17)16-8-7-11(9-15)10-16/h3-6,11,18H,7-10,15H2,1-2H3. The fourth-order valence-corrected chi connectivity index (χ4v) is 3.40. The van der Waals surface area contributed by atoms with Crippen LogP contribution in [0.5, 0.6) is 0 Å². The van der Waals surface area contributed by atoms with Gasteiger partial charge < -0.3 is 15.4 Å². The third-order valence-electron chi connectivity index (χ3n) is 3.74. The number of nitrogens with two attached hydrogens (primary N) is 1. The van der Waals surface area contributed by atoms with E-state index < -0.39 is 8.32 Å². The molecule has 0 aliphatic carbocycles. The maximum absolute atomic E-state index is 12.3. The summed E-state index contributed by atoms with van der Waals surface area (Å²) in [6.07, 6.45) is 0.997. The second kappa shape index (κ2) is 5.44. The second-order valence-corrected chi connectivity index (χ2v) is 9.47. The molecule has 1 aliphatic rings. The van der Waals surface area contributed by atoms with Gasteiger partial charge in [0, 0.05) is 18.7 Å². The van der Waals surface area contributed by atoms with E-state index in [2.05, 4.69) is 0 Å². The minimum atomic E-state index is -2.28. The first-order chi connectivity index (χ1) is 8.91. The van der Waals surface area contributed by atoms with Crippen molar-refractivity contribution in [3.05, 3.63) is 29.8 Å². The van der Waals surface area contributed by atoms with Gasteiger partial charge in [0.15, 0.2) is 0 Å². The van der Waals surface area contributed by atoms with Crippen molar-refractivity contribution in [3.63, 3.8) is 0 Å². The van der Waals surface area contributed by atoms with E-state index in [9.17, 15) is 9.59 Å². The van der Waals surface area contributed by atoms with Crippen LogP contribution in [0.3, 0.4) is 0 Å². The topological polar surface area (TPSA) is 66.6 Å². The van der Waals surface area contributed by atoms with Gasteiger partial charge in [0.2, 0.25) is 8.32 Å². The number of hydrogen-bond donors (Lipinski definition) is 2. The molecule has 1 aliphatic heterocycles. The Bertz CT molecular complexity index is 454. The highest BCUT2D eigenvalue weighted by molar-refractivity contribution is 6.83. The summed E-state index contributed by atoms with van der Waals surface area (Å²) in [5.74, 6) is 0.506. The highest BCUT2D eigenvalue weighted by Gasteiger charge is 2.26. The van der Waals surface area contributed by atoms with Gasteiger partial charge in [-0.25, -0.2) is 0 Å². The maximum atomic E-state index is 12.3. The molecule has 1 saturated heterocycles. The number of likely N-dealkylation sites (tertiary alicyclic amines) is 1. The molecule has 4 nitrogen and oxygen atoms in total. The lowest BCUT2D eigenvalue weighted by molar-refractivity contribution is 0.0787. The quantitative estimate of drug-likeness (QED) is 0.792. The Kier molecular flexibility index (Phi) is 4.08. The number of carbonyl (C=O) groups excluding carboxylic acids is 1. The molecule has 1 unspecified atom stereocenters. The van der Waals surface area contributed by atoms with E-state index in [-0.39, 0.29) is 5.91 Å². The van der Waals surface area contributed by atoms with E-state index in [1.54, 1.807) is 0 Å². The summed E-state index contributed by atoms with van der Waals surface area (Å²) in [7, 11) is -2.28. The van der Waals surface area contributed by atoms with Gasteiger partial charge in [0.05, 0.1) is 0 Å². The molecule has 1 amide bonds. The van der Waals surface area contributed by atoms with Gasteiger partial charge in [0.25, 0.3) is 5.91 Å². The van der Waals surface area contributed by atoms with Crippen LogP contribution in [0, 0.1) is 5.92 Å². The molecule has 104 valence electrons. The van der Waals surface area contributed by atoms with E-state index in [1.807, 2.05) is 42.3 Å². The molecule has 0 spiro atoms. The predicted octanol–water partition coefficient (Wildman–Crippen LogP) is 0.512. The maximum Gasteiger partial charge on any atom is 0.253 e. The van der Waals surface area contributed by atoms with Gasteiger partial charge in [-0.15, -0.1) is 0 Å². The van der Waals surface area contributed by atoms with Crippen molar-refractivity contribution >= 4 is 19.4 Å². The van der Waals surface area contributed by atoms with Crippen LogP contribution in [0.15, 0.2) is 24.3 Å². The Morgan fingerprint density at radius 2 is 2.05 bits per heavy atom. The summed E-state index contributed by atoms with van der Waals surface area (Å²) in [4.78, 5) is 24.2. The van der Waals surface area contributed by atoms with E-state index in [1.165, 1.54) is 0 Å². The summed E-state index contributed by atoms with van der Waals surface area (Å²) >= 11 is 0. The van der Waals surface area contributed by atoms with Gasteiger partial charge in [-0.1, -0.05) is 12.1 Å². The van der Waals surface area contributed by atoms with Crippen LogP contribution in [0.2, 0.25) is 13.1 Å². The number of benzene rings is 1. The average molecular weight is 278 g/mol. The van der Waals surface area contributed by atoms with Gasteiger partial charge in [-0.05, 0) is 49.3 Å². The molecule has 1 heterocycles. The van der Waals surface area contributed by atoms with Crippen LogP contribution in [0.25, 0.3) is 0 Å². The van der Waals surface area contributed by atoms with E-state index in [0.29, 0.717) is 18.0 Å². The van der Waals surface area contributed by atoms with Crippen LogP contribution in [-0.2, 0) is 0 Å². The van der Waals surface area contributed by atoms with Crippen molar-refractivity contribution in [3.8, 4) is 0 Å². The summed E-state index contributed by atoms with van der Waals surface area (Å²) in [6.45, 7) is 5.94. The summed E-state index contributed by atoms with van der Waals surface area (Å²) < 4.78 is 0. The number of amides is 1. The number of hydrogen-bond acceptors (Lipinski definition) is 3. The first-order valence-electron chi connectivity index (χ1n) is 6.74. The molecule has 1 fully saturated rings. The van der Waals surface area contributed by atoms with E-state index in [0.717, 1.165) is 24.7 Å². The number of rotatable bonds is 3. The van der Waals surface area contributed by atoms with Gasteiger partial charge in [-0.2, -0.15) is 0 Å². The molecule has 1 aromatic rings.